The largest absolute Gasteiger partial charge is 0.497 e. The summed E-state index contributed by atoms with van der Waals surface area (Å²) in [6.45, 7) is 0. The number of hydrazone groups is 1. The molecule has 0 saturated carbocycles. The molecular weight excluding hydrogens is 549 g/mol. The van der Waals surface area contributed by atoms with Gasteiger partial charge in [-0.25, -0.2) is 10.4 Å². The van der Waals surface area contributed by atoms with Gasteiger partial charge in [0.1, 0.15) is 10.6 Å². The van der Waals surface area contributed by atoms with E-state index in [4.69, 9.17) is 9.72 Å². The molecule has 0 bridgehead atoms. The number of carbonyl (C=O) groups excluding carboxylic acids is 1. The zero-order valence-corrected chi connectivity index (χ0v) is 22.4. The van der Waals surface area contributed by atoms with Gasteiger partial charge in [0.25, 0.3) is 11.5 Å². The number of hydrogen-bond donors (Lipinski definition) is 1. The highest BCUT2D eigenvalue weighted by Gasteiger charge is 2.32. The summed E-state index contributed by atoms with van der Waals surface area (Å²) in [5.41, 5.74) is 2.68. The predicted octanol–water partition coefficient (Wildman–Crippen LogP) is 5.60. The zero-order valence-electron chi connectivity index (χ0n) is 20.7. The van der Waals surface area contributed by atoms with Gasteiger partial charge in [0, 0.05) is 10.4 Å². The highest BCUT2D eigenvalue weighted by molar-refractivity contribution is 7.99. The molecule has 39 heavy (non-hydrogen) atoms. The van der Waals surface area contributed by atoms with Crippen LogP contribution in [-0.2, 0) is 23.8 Å². The van der Waals surface area contributed by atoms with E-state index in [0.29, 0.717) is 26.8 Å². The third-order valence-corrected chi connectivity index (χ3v) is 8.40. The molecule has 0 spiro atoms. The van der Waals surface area contributed by atoms with Crippen LogP contribution in [0.25, 0.3) is 15.9 Å². The van der Waals surface area contributed by atoms with Crippen LogP contribution in [0.15, 0.2) is 63.6 Å². The van der Waals surface area contributed by atoms with Crippen molar-refractivity contribution in [1.82, 2.24) is 15.0 Å². The number of nitrogens with zero attached hydrogens (tertiary/aromatic N) is 3. The summed E-state index contributed by atoms with van der Waals surface area (Å²) in [5, 5.41) is 4.65. The van der Waals surface area contributed by atoms with Crippen LogP contribution < -0.4 is 15.7 Å². The van der Waals surface area contributed by atoms with E-state index < -0.39 is 17.6 Å². The Labute approximate surface area is 229 Å². The molecule has 2 heterocycles. The summed E-state index contributed by atoms with van der Waals surface area (Å²) < 4.78 is 46.3. The average molecular weight is 573 g/mol. The number of hydrogen-bond acceptors (Lipinski definition) is 7. The molecule has 1 N–H and O–H groups in total. The number of rotatable bonds is 7. The first-order valence-electron chi connectivity index (χ1n) is 12.1. The molecule has 0 saturated heterocycles. The molecule has 0 fully saturated rings. The fraction of sp³-hybridized carbons (Fsp3) is 0.259. The highest BCUT2D eigenvalue weighted by Crippen LogP contribution is 2.35. The number of amides is 1. The van der Waals surface area contributed by atoms with Gasteiger partial charge in [0.2, 0.25) is 0 Å². The lowest BCUT2D eigenvalue weighted by Crippen LogP contribution is -2.24. The van der Waals surface area contributed by atoms with Crippen molar-refractivity contribution in [3.8, 4) is 11.4 Å². The Morgan fingerprint density at radius 1 is 1.18 bits per heavy atom. The van der Waals surface area contributed by atoms with Crippen LogP contribution in [0, 0.1) is 0 Å². The highest BCUT2D eigenvalue weighted by atomic mass is 32.2. The van der Waals surface area contributed by atoms with Crippen LogP contribution in [0.5, 0.6) is 5.75 Å². The minimum Gasteiger partial charge on any atom is -0.497 e. The number of methoxy groups -OCH3 is 1. The third-order valence-electron chi connectivity index (χ3n) is 6.28. The molecule has 2 aromatic heterocycles. The van der Waals surface area contributed by atoms with Crippen molar-refractivity contribution in [3.63, 3.8) is 0 Å². The molecular formula is C27H23F3N4O3S2. The van der Waals surface area contributed by atoms with Crippen molar-refractivity contribution in [1.29, 1.82) is 0 Å². The molecule has 1 aliphatic rings. The van der Waals surface area contributed by atoms with E-state index in [1.807, 2.05) is 0 Å². The minimum atomic E-state index is -4.54. The SMILES string of the molecule is COc1ccc(-n2c(SCC(=O)NN=Cc3ccccc3C(F)(F)F)nc3sc4c(c3c2=O)CCCC4)cc1. The second-order valence-electron chi connectivity index (χ2n) is 8.79. The van der Waals surface area contributed by atoms with Gasteiger partial charge in [0.05, 0.1) is 35.7 Å². The molecule has 202 valence electrons. The smallest absolute Gasteiger partial charge is 0.417 e. The van der Waals surface area contributed by atoms with Gasteiger partial charge in [0.15, 0.2) is 5.16 Å². The van der Waals surface area contributed by atoms with Crippen LogP contribution in [0.3, 0.4) is 0 Å². The molecule has 4 aromatic rings. The fourth-order valence-corrected chi connectivity index (χ4v) is 6.55. The van der Waals surface area contributed by atoms with Gasteiger partial charge in [-0.3, -0.25) is 14.2 Å². The lowest BCUT2D eigenvalue weighted by molar-refractivity contribution is -0.137. The topological polar surface area (TPSA) is 85.6 Å². The Hall–Kier alpha value is -3.64. The van der Waals surface area contributed by atoms with Gasteiger partial charge < -0.3 is 4.74 Å². The van der Waals surface area contributed by atoms with E-state index in [1.54, 1.807) is 31.4 Å². The third kappa shape index (κ3) is 5.71. The first kappa shape index (κ1) is 26.9. The number of fused-ring (bicyclic) bond motifs is 3. The number of carbonyl (C=O) groups is 1. The number of benzene rings is 2. The molecule has 5 rings (SSSR count). The maximum absolute atomic E-state index is 13.8. The Bertz CT molecular complexity index is 1610. The van der Waals surface area contributed by atoms with Crippen molar-refractivity contribution in [2.24, 2.45) is 5.10 Å². The number of nitrogens with one attached hydrogen (secondary N) is 1. The summed E-state index contributed by atoms with van der Waals surface area (Å²) in [4.78, 5) is 32.9. The van der Waals surface area contributed by atoms with Crippen LogP contribution in [0.2, 0.25) is 0 Å². The molecule has 1 amide bonds. The Morgan fingerprint density at radius 3 is 2.67 bits per heavy atom. The maximum atomic E-state index is 13.8. The number of thiophene rings is 1. The lowest BCUT2D eigenvalue weighted by Gasteiger charge is -2.14. The first-order chi connectivity index (χ1) is 18.8. The quantitative estimate of drug-likeness (QED) is 0.135. The van der Waals surface area contributed by atoms with Crippen molar-refractivity contribution in [2.45, 2.75) is 37.0 Å². The number of thioether (sulfide) groups is 1. The number of halogens is 3. The van der Waals surface area contributed by atoms with E-state index in [0.717, 1.165) is 55.3 Å². The molecule has 7 nitrogen and oxygen atoms in total. The zero-order chi connectivity index (χ0) is 27.6. The molecule has 2 aromatic carbocycles. The fourth-order valence-electron chi connectivity index (χ4n) is 4.45. The van der Waals surface area contributed by atoms with E-state index in [9.17, 15) is 22.8 Å². The van der Waals surface area contributed by atoms with Crippen LogP contribution >= 0.6 is 23.1 Å². The van der Waals surface area contributed by atoms with Crippen LogP contribution in [-0.4, -0.2) is 34.5 Å². The van der Waals surface area contributed by atoms with Crippen molar-refractivity contribution < 1.29 is 22.7 Å². The van der Waals surface area contributed by atoms with Crippen LogP contribution in [0.4, 0.5) is 13.2 Å². The molecule has 1 aliphatic carbocycles. The Morgan fingerprint density at radius 2 is 1.92 bits per heavy atom. The number of ether oxygens (including phenoxy) is 1. The van der Waals surface area contributed by atoms with Crippen LogP contribution in [0.1, 0.15) is 34.4 Å². The summed E-state index contributed by atoms with van der Waals surface area (Å²) in [7, 11) is 1.55. The number of alkyl halides is 3. The normalized spacial score (nSPS) is 13.5. The van der Waals surface area contributed by atoms with Crippen molar-refractivity contribution >= 4 is 45.4 Å². The average Bonchev–Trinajstić information content (AvgIpc) is 3.30. The van der Waals surface area contributed by atoms with Gasteiger partial charge >= 0.3 is 6.18 Å². The monoisotopic (exact) mass is 572 g/mol. The van der Waals surface area contributed by atoms with E-state index in [2.05, 4.69) is 10.5 Å². The standard InChI is InChI=1S/C27H23F3N4O3S2/c1-37-18-12-10-17(11-13-18)34-25(36)23-19-7-3-5-9-21(19)39-24(23)32-26(34)38-15-22(35)33-31-14-16-6-2-4-8-20(16)27(28,29)30/h2,4,6,8,10-14H,3,5,7,9,15H2,1H3,(H,33,35). The molecule has 12 heteroatoms. The second kappa shape index (κ2) is 11.2. The van der Waals surface area contributed by atoms with E-state index in [1.165, 1.54) is 39.0 Å². The molecule has 0 radical (unpaired) electrons. The molecule has 0 aliphatic heterocycles. The summed E-state index contributed by atoms with van der Waals surface area (Å²) in [6, 6.07) is 11.9. The molecule has 0 unspecified atom stereocenters. The van der Waals surface area contributed by atoms with E-state index >= 15 is 0 Å². The summed E-state index contributed by atoms with van der Waals surface area (Å²) in [5.74, 6) is -0.0774. The minimum absolute atomic E-state index is 0.155. The van der Waals surface area contributed by atoms with Gasteiger partial charge in [-0.05, 0) is 61.6 Å². The van der Waals surface area contributed by atoms with Gasteiger partial charge in [-0.1, -0.05) is 30.0 Å². The first-order valence-corrected chi connectivity index (χ1v) is 13.9. The summed E-state index contributed by atoms with van der Waals surface area (Å²) >= 11 is 2.56. The summed E-state index contributed by atoms with van der Waals surface area (Å²) in [6.07, 6.45) is 0.254. The van der Waals surface area contributed by atoms with Crippen molar-refractivity contribution in [2.75, 3.05) is 12.9 Å². The number of aromatic nitrogens is 2. The Balaban J connectivity index is 1.41. The Kier molecular flexibility index (Phi) is 7.76. The molecule has 0 atom stereocenters. The second-order valence-corrected chi connectivity index (χ2v) is 10.8. The predicted molar refractivity (Wildman–Crippen MR) is 146 cm³/mol. The van der Waals surface area contributed by atoms with Crippen molar-refractivity contribution in [3.05, 3.63) is 80.5 Å². The number of aryl methyl sites for hydroxylation is 2. The van der Waals surface area contributed by atoms with Gasteiger partial charge in [-0.15, -0.1) is 11.3 Å². The van der Waals surface area contributed by atoms with Gasteiger partial charge in [-0.2, -0.15) is 18.3 Å². The van der Waals surface area contributed by atoms with E-state index in [-0.39, 0.29) is 16.9 Å². The lowest BCUT2D eigenvalue weighted by atomic mass is 9.97. The maximum Gasteiger partial charge on any atom is 0.417 e.